The zero-order chi connectivity index (χ0) is 20.3. The van der Waals surface area contributed by atoms with Gasteiger partial charge in [-0.25, -0.2) is 9.78 Å². The van der Waals surface area contributed by atoms with Crippen LogP contribution >= 0.6 is 0 Å². The topological polar surface area (TPSA) is 56.7 Å². The minimum Gasteiger partial charge on any atom is -0.477 e. The van der Waals surface area contributed by atoms with E-state index in [-0.39, 0.29) is 11.7 Å². The van der Waals surface area contributed by atoms with Gasteiger partial charge in [0, 0.05) is 25.7 Å². The molecule has 150 valence electrons. The van der Waals surface area contributed by atoms with Gasteiger partial charge >= 0.3 is 12.1 Å². The standard InChI is InChI=1S/C20H22F3N3O2/c1-25(13-14-4-2-5-15(12-14)20(21,22)23)16-8-10-26(11-9-16)18-7-3-6-17(24-18)19(27)28/h2-7,12,16H,8-11,13H2,1H3,(H,27,28). The van der Waals surface area contributed by atoms with E-state index in [1.165, 1.54) is 18.2 Å². The zero-order valence-corrected chi connectivity index (χ0v) is 15.5. The number of carbonyl (C=O) groups is 1. The van der Waals surface area contributed by atoms with Gasteiger partial charge < -0.3 is 10.0 Å². The first-order valence-corrected chi connectivity index (χ1v) is 9.06. The Morgan fingerprint density at radius 2 is 1.89 bits per heavy atom. The van der Waals surface area contributed by atoms with Gasteiger partial charge in [0.15, 0.2) is 5.69 Å². The molecule has 0 radical (unpaired) electrons. The second-order valence-electron chi connectivity index (χ2n) is 7.02. The Morgan fingerprint density at radius 3 is 2.54 bits per heavy atom. The maximum absolute atomic E-state index is 12.9. The summed E-state index contributed by atoms with van der Waals surface area (Å²) in [6.07, 6.45) is -2.68. The van der Waals surface area contributed by atoms with E-state index < -0.39 is 17.7 Å². The Bertz CT molecular complexity index is 833. The number of piperidine rings is 1. The fourth-order valence-corrected chi connectivity index (χ4v) is 3.52. The number of anilines is 1. The lowest BCUT2D eigenvalue weighted by Gasteiger charge is -2.37. The number of aromatic nitrogens is 1. The molecule has 0 aliphatic carbocycles. The number of hydrogen-bond donors (Lipinski definition) is 1. The number of carboxylic acid groups (broad SMARTS) is 1. The predicted octanol–water partition coefficient (Wildman–Crippen LogP) is 3.90. The van der Waals surface area contributed by atoms with Gasteiger partial charge in [-0.3, -0.25) is 4.90 Å². The first kappa shape index (κ1) is 20.1. The number of aromatic carboxylic acids is 1. The van der Waals surface area contributed by atoms with Crippen molar-refractivity contribution >= 4 is 11.8 Å². The lowest BCUT2D eigenvalue weighted by Crippen LogP contribution is -2.43. The van der Waals surface area contributed by atoms with Crippen LogP contribution in [0.4, 0.5) is 19.0 Å². The van der Waals surface area contributed by atoms with E-state index in [0.29, 0.717) is 31.0 Å². The first-order valence-electron chi connectivity index (χ1n) is 9.06. The van der Waals surface area contributed by atoms with Gasteiger partial charge in [-0.2, -0.15) is 13.2 Å². The fraction of sp³-hybridized carbons (Fsp3) is 0.400. The summed E-state index contributed by atoms with van der Waals surface area (Å²) in [5, 5.41) is 9.07. The molecular weight excluding hydrogens is 371 g/mol. The third-order valence-corrected chi connectivity index (χ3v) is 5.05. The van der Waals surface area contributed by atoms with E-state index in [0.717, 1.165) is 18.9 Å². The average molecular weight is 393 g/mol. The molecule has 8 heteroatoms. The van der Waals surface area contributed by atoms with Crippen LogP contribution < -0.4 is 4.90 Å². The Labute approximate surface area is 161 Å². The van der Waals surface area contributed by atoms with Crippen LogP contribution in [0.2, 0.25) is 0 Å². The highest BCUT2D eigenvalue weighted by Gasteiger charge is 2.30. The number of alkyl halides is 3. The van der Waals surface area contributed by atoms with Gasteiger partial charge in [-0.1, -0.05) is 24.3 Å². The van der Waals surface area contributed by atoms with Crippen LogP contribution in [0, 0.1) is 0 Å². The van der Waals surface area contributed by atoms with Gasteiger partial charge in [0.1, 0.15) is 5.82 Å². The van der Waals surface area contributed by atoms with Crippen LogP contribution in [0.5, 0.6) is 0 Å². The van der Waals surface area contributed by atoms with Gasteiger partial charge in [0.05, 0.1) is 5.56 Å². The molecule has 1 aromatic carbocycles. The zero-order valence-electron chi connectivity index (χ0n) is 15.5. The van der Waals surface area contributed by atoms with Crippen molar-refractivity contribution in [1.82, 2.24) is 9.88 Å². The van der Waals surface area contributed by atoms with E-state index in [2.05, 4.69) is 9.88 Å². The minimum atomic E-state index is -4.34. The summed E-state index contributed by atoms with van der Waals surface area (Å²) in [6, 6.07) is 10.6. The van der Waals surface area contributed by atoms with Crippen LogP contribution in [0.3, 0.4) is 0 Å². The Kier molecular flexibility index (Phi) is 5.88. The van der Waals surface area contributed by atoms with Crippen molar-refractivity contribution < 1.29 is 23.1 Å². The van der Waals surface area contributed by atoms with Crippen molar-refractivity contribution in [2.75, 3.05) is 25.0 Å². The molecule has 2 heterocycles. The summed E-state index contributed by atoms with van der Waals surface area (Å²) < 4.78 is 38.6. The van der Waals surface area contributed by atoms with Gasteiger partial charge in [0.25, 0.3) is 0 Å². The molecule has 0 atom stereocenters. The van der Waals surface area contributed by atoms with Crippen molar-refractivity contribution in [3.63, 3.8) is 0 Å². The quantitative estimate of drug-likeness (QED) is 0.835. The van der Waals surface area contributed by atoms with E-state index in [4.69, 9.17) is 5.11 Å². The molecule has 0 bridgehead atoms. The van der Waals surface area contributed by atoms with Gasteiger partial charge in [0.2, 0.25) is 0 Å². The SMILES string of the molecule is CN(Cc1cccc(C(F)(F)F)c1)C1CCN(c2cccc(C(=O)O)n2)CC1. The van der Waals surface area contributed by atoms with Crippen molar-refractivity contribution in [2.45, 2.75) is 31.6 Å². The summed E-state index contributed by atoms with van der Waals surface area (Å²) in [6.45, 7) is 1.88. The Balaban J connectivity index is 1.59. The largest absolute Gasteiger partial charge is 0.477 e. The van der Waals surface area contributed by atoms with E-state index in [1.807, 2.05) is 11.9 Å². The van der Waals surface area contributed by atoms with E-state index >= 15 is 0 Å². The maximum atomic E-state index is 12.9. The summed E-state index contributed by atoms with van der Waals surface area (Å²) in [7, 11) is 1.92. The minimum absolute atomic E-state index is 0.0151. The number of benzene rings is 1. The number of pyridine rings is 1. The van der Waals surface area contributed by atoms with Crippen molar-refractivity contribution in [2.24, 2.45) is 0 Å². The monoisotopic (exact) mass is 393 g/mol. The highest BCUT2D eigenvalue weighted by atomic mass is 19.4. The molecule has 28 heavy (non-hydrogen) atoms. The summed E-state index contributed by atoms with van der Waals surface area (Å²) in [5.41, 5.74) is 0.0227. The summed E-state index contributed by atoms with van der Waals surface area (Å²) in [4.78, 5) is 19.4. The third-order valence-electron chi connectivity index (χ3n) is 5.05. The van der Waals surface area contributed by atoms with Gasteiger partial charge in [-0.05, 0) is 43.7 Å². The third kappa shape index (κ3) is 4.81. The average Bonchev–Trinajstić information content (AvgIpc) is 2.68. The summed E-state index contributed by atoms with van der Waals surface area (Å²) >= 11 is 0. The second-order valence-corrected chi connectivity index (χ2v) is 7.02. The Hall–Kier alpha value is -2.61. The van der Waals surface area contributed by atoms with Crippen molar-refractivity contribution in [1.29, 1.82) is 0 Å². The molecule has 5 nitrogen and oxygen atoms in total. The van der Waals surface area contributed by atoms with Crippen LogP contribution in [-0.4, -0.2) is 47.1 Å². The normalized spacial score (nSPS) is 15.8. The van der Waals surface area contributed by atoms with Crippen molar-refractivity contribution in [3.8, 4) is 0 Å². The van der Waals surface area contributed by atoms with Gasteiger partial charge in [-0.15, -0.1) is 0 Å². The lowest BCUT2D eigenvalue weighted by molar-refractivity contribution is -0.137. The predicted molar refractivity (Wildman–Crippen MR) is 99.3 cm³/mol. The van der Waals surface area contributed by atoms with Crippen LogP contribution in [0.1, 0.15) is 34.5 Å². The lowest BCUT2D eigenvalue weighted by atomic mass is 10.0. The molecule has 1 aliphatic rings. The molecule has 1 fully saturated rings. The highest BCUT2D eigenvalue weighted by molar-refractivity contribution is 5.85. The number of carboxylic acids is 1. The van der Waals surface area contributed by atoms with Crippen molar-refractivity contribution in [3.05, 3.63) is 59.3 Å². The summed E-state index contributed by atoms with van der Waals surface area (Å²) in [5.74, 6) is -0.420. The number of rotatable bonds is 5. The Morgan fingerprint density at radius 1 is 1.21 bits per heavy atom. The molecule has 1 N–H and O–H groups in total. The molecule has 1 aromatic heterocycles. The van der Waals surface area contributed by atoms with E-state index in [9.17, 15) is 18.0 Å². The number of nitrogens with zero attached hydrogens (tertiary/aromatic N) is 3. The van der Waals surface area contributed by atoms with Crippen LogP contribution in [-0.2, 0) is 12.7 Å². The smallest absolute Gasteiger partial charge is 0.416 e. The van der Waals surface area contributed by atoms with Crippen LogP contribution in [0.25, 0.3) is 0 Å². The molecule has 1 saturated heterocycles. The molecular formula is C20H22F3N3O2. The molecule has 0 amide bonds. The molecule has 0 unspecified atom stereocenters. The second kappa shape index (κ2) is 8.18. The molecule has 1 aliphatic heterocycles. The fourth-order valence-electron chi connectivity index (χ4n) is 3.52. The molecule has 0 spiro atoms. The number of halogens is 3. The maximum Gasteiger partial charge on any atom is 0.416 e. The van der Waals surface area contributed by atoms with Crippen LogP contribution in [0.15, 0.2) is 42.5 Å². The van der Waals surface area contributed by atoms with E-state index in [1.54, 1.807) is 18.2 Å². The molecule has 2 aromatic rings. The molecule has 3 rings (SSSR count). The first-order chi connectivity index (χ1) is 13.2. The highest BCUT2D eigenvalue weighted by Crippen LogP contribution is 2.30. The molecule has 0 saturated carbocycles. The number of hydrogen-bond acceptors (Lipinski definition) is 4.